The summed E-state index contributed by atoms with van der Waals surface area (Å²) >= 11 is 0. The van der Waals surface area contributed by atoms with Gasteiger partial charge < -0.3 is 72.5 Å². The molecule has 0 aliphatic carbocycles. The smallest absolute Gasteiger partial charge is 0.460 e. The summed E-state index contributed by atoms with van der Waals surface area (Å²) in [5.74, 6) is -183. The molecule has 2 aliphatic heterocycles. The zero-order valence-corrected chi connectivity index (χ0v) is 67.7. The molecule has 3 aromatic rings. The Bertz CT molecular complexity index is 4080. The van der Waals surface area contributed by atoms with Crippen LogP contribution >= 0.6 is 0 Å². The number of hydrogen-bond acceptors (Lipinski definition) is 15. The Morgan fingerprint density at radius 2 is 0.609 bits per heavy atom. The third-order valence-electron chi connectivity index (χ3n) is 20.4. The van der Waals surface area contributed by atoms with E-state index in [-0.39, 0.29) is 17.1 Å². The summed E-state index contributed by atoms with van der Waals surface area (Å²) < 4.78 is 783. The van der Waals surface area contributed by atoms with E-state index in [1.165, 1.54) is 61.7 Å². The summed E-state index contributed by atoms with van der Waals surface area (Å²) in [7, 11) is 1.25. The first-order valence-electron chi connectivity index (χ1n) is 37.6. The van der Waals surface area contributed by atoms with Crippen molar-refractivity contribution in [1.82, 2.24) is 0 Å². The number of methoxy groups -OCH3 is 1. The molecule has 2 heterocycles. The van der Waals surface area contributed by atoms with Crippen molar-refractivity contribution in [2.45, 2.75) is 263 Å². The standard InChI is InChI=1S/C72H67F51O15/c1-128-37-13-15-38(16-14-37)135-47-46(134-28-34-9-3-2-4-10-34)45(44(41(26-125)137-47)138-42-24-39(126)43(127)40(25-124)136-42)133-29-36-12-5-11-35(23-36)27-132-33-48(30-129-20-6-17-49(73,74)52(79,80)55(85,86)58(91,92)61(97,98)64(103,104)67(109,110)70(115,116)117,31-130-21-7-18-50(75,76)53(81,82)56(87,88)59(93,94)62(99,100)65(105,106)68(111,112)71(118,119)120)32-131-22-8-19-51(77,78)54(83,84)57(89,90)60(95,96)63(101,102)66(107,108)69(113,114)72(121,122)123/h2-5,9-16,23,39-47,124-127H,6-8,17-22,24-33H2,1H3/t39-,40-,41-,42-,43+,44+,45+,46-,47-/m1/s1. The van der Waals surface area contributed by atoms with E-state index >= 15 is 26.3 Å². The predicted octanol–water partition coefficient (Wildman–Crippen LogP) is 21.1. The zero-order valence-electron chi connectivity index (χ0n) is 67.7. The van der Waals surface area contributed by atoms with Gasteiger partial charge >= 0.3 is 143 Å². The Morgan fingerprint density at radius 3 is 0.942 bits per heavy atom. The molecule has 138 heavy (non-hydrogen) atoms. The molecule has 0 saturated carbocycles. The fraction of sp³-hybridized carbons (Fsp3) is 0.750. The maximum Gasteiger partial charge on any atom is 0.460 e. The number of benzene rings is 3. The highest BCUT2D eigenvalue weighted by atomic mass is 19.5. The van der Waals surface area contributed by atoms with Crippen LogP contribution in [0.25, 0.3) is 0 Å². The van der Waals surface area contributed by atoms with Gasteiger partial charge in [-0.05, 0) is 60.2 Å². The van der Waals surface area contributed by atoms with E-state index < -0.39 is 333 Å². The van der Waals surface area contributed by atoms with Crippen LogP contribution in [0.1, 0.15) is 61.6 Å². The second kappa shape index (κ2) is 41.7. The van der Waals surface area contributed by atoms with Gasteiger partial charge in [-0.15, -0.1) is 0 Å². The van der Waals surface area contributed by atoms with Crippen molar-refractivity contribution in [3.8, 4) is 11.5 Å². The average molecular weight is 2140 g/mol. The van der Waals surface area contributed by atoms with Gasteiger partial charge in [-0.2, -0.15) is 224 Å². The molecule has 5 rings (SSSR count). The van der Waals surface area contributed by atoms with Crippen molar-refractivity contribution in [3.63, 3.8) is 0 Å². The van der Waals surface area contributed by atoms with Crippen LogP contribution in [0.3, 0.4) is 0 Å². The summed E-state index contributed by atoms with van der Waals surface area (Å²) in [6.07, 6.45) is -58.7. The summed E-state index contributed by atoms with van der Waals surface area (Å²) in [5.41, 5.74) is -3.56. The van der Waals surface area contributed by atoms with Crippen LogP contribution in [-0.2, 0) is 62.5 Å². The molecule has 0 spiro atoms. The molecule has 66 heteroatoms. The number of ether oxygens (including phenoxy) is 11. The molecule has 2 saturated heterocycles. The molecule has 0 bridgehead atoms. The topological polar surface area (TPSA) is 182 Å². The van der Waals surface area contributed by atoms with E-state index in [2.05, 4.69) is 0 Å². The Balaban J connectivity index is 1.65. The van der Waals surface area contributed by atoms with Crippen LogP contribution in [-0.4, -0.2) is 285 Å². The van der Waals surface area contributed by atoms with E-state index in [0.29, 0.717) is 5.56 Å². The molecular formula is C72H67F51O15. The zero-order chi connectivity index (χ0) is 107. The van der Waals surface area contributed by atoms with Gasteiger partial charge in [0.2, 0.25) is 6.29 Å². The van der Waals surface area contributed by atoms with E-state index in [1.807, 2.05) is 0 Å². The van der Waals surface area contributed by atoms with Gasteiger partial charge in [0.15, 0.2) is 6.29 Å². The highest BCUT2D eigenvalue weighted by Gasteiger charge is 2.99. The van der Waals surface area contributed by atoms with Crippen LogP contribution in [0.15, 0.2) is 78.9 Å². The van der Waals surface area contributed by atoms with Crippen LogP contribution in [0.4, 0.5) is 224 Å². The van der Waals surface area contributed by atoms with E-state index in [4.69, 9.17) is 52.1 Å². The van der Waals surface area contributed by atoms with E-state index in [0.717, 1.165) is 24.3 Å². The Morgan fingerprint density at radius 1 is 0.312 bits per heavy atom. The first-order valence-corrected chi connectivity index (χ1v) is 37.6. The van der Waals surface area contributed by atoms with Gasteiger partial charge in [-0.25, -0.2) is 0 Å². The number of hydrogen-bond donors (Lipinski definition) is 4. The largest absolute Gasteiger partial charge is 0.497 e. The lowest BCUT2D eigenvalue weighted by Gasteiger charge is -2.47. The predicted molar refractivity (Wildman–Crippen MR) is 351 cm³/mol. The lowest BCUT2D eigenvalue weighted by Crippen LogP contribution is -2.74. The minimum Gasteiger partial charge on any atom is -0.497 e. The molecule has 0 amide bonds. The Hall–Kier alpha value is -6.83. The van der Waals surface area contributed by atoms with Crippen molar-refractivity contribution >= 4 is 0 Å². The van der Waals surface area contributed by atoms with Gasteiger partial charge in [0.05, 0.1) is 78.1 Å². The van der Waals surface area contributed by atoms with Crippen LogP contribution < -0.4 is 9.47 Å². The molecule has 9 atom stereocenters. The van der Waals surface area contributed by atoms with E-state index in [1.54, 1.807) is 0 Å². The minimum atomic E-state index is -9.23. The molecule has 0 radical (unpaired) electrons. The third kappa shape index (κ3) is 22.5. The summed E-state index contributed by atoms with van der Waals surface area (Å²) in [6, 6.07) is 16.8. The summed E-state index contributed by atoms with van der Waals surface area (Å²) in [4.78, 5) is 0. The maximum atomic E-state index is 15.2. The Kier molecular flexibility index (Phi) is 36.8. The second-order valence-corrected chi connectivity index (χ2v) is 30.5. The lowest BCUT2D eigenvalue weighted by molar-refractivity contribution is -0.461. The normalized spacial score (nSPS) is 21.2. The van der Waals surface area contributed by atoms with Crippen molar-refractivity contribution in [1.29, 1.82) is 0 Å². The van der Waals surface area contributed by atoms with Crippen LogP contribution in [0.5, 0.6) is 11.5 Å². The molecule has 2 aliphatic rings. The maximum absolute atomic E-state index is 15.2. The van der Waals surface area contributed by atoms with Gasteiger partial charge in [-0.1, -0.05) is 54.6 Å². The first-order chi connectivity index (χ1) is 61.9. The molecule has 3 aromatic carbocycles. The highest BCUT2D eigenvalue weighted by molar-refractivity contribution is 5.32. The monoisotopic (exact) mass is 2140 g/mol. The fourth-order valence-corrected chi connectivity index (χ4v) is 12.3. The van der Waals surface area contributed by atoms with Crippen molar-refractivity contribution in [2.75, 3.05) is 66.6 Å². The SMILES string of the molecule is COc1ccc(O[C@@H]2O[C@H](CO)[C@H](O[C@@H]3C[C@@H](O)[C@H](O)[C@@H](CO)O3)[C@H](OCc3cccc(COCC(COCCCC(F)(F)C(F)(F)C(F)(F)C(F)(F)C(F)(F)C(F)(F)C(F)(F)C(F)(F)F)(COCCCC(F)(F)C(F)(F)C(F)(F)C(F)(F)C(F)(F)C(F)(F)C(F)(F)C(F)(F)F)COCCCC(F)(F)C(F)(F)C(F)(F)C(F)(F)C(F)(F)C(F)(F)C(F)(F)C(F)(F)F)c3)[C@H]2OCc2ccccc2)cc1. The number of aliphatic hydroxyl groups is 4. The van der Waals surface area contributed by atoms with Crippen LogP contribution in [0, 0.1) is 5.41 Å². The van der Waals surface area contributed by atoms with Gasteiger partial charge in [-0.3, -0.25) is 0 Å². The van der Waals surface area contributed by atoms with Crippen LogP contribution in [0.2, 0.25) is 0 Å². The summed E-state index contributed by atoms with van der Waals surface area (Å²) in [5, 5.41) is 42.0. The first kappa shape index (κ1) is 122. The quantitative estimate of drug-likeness (QED) is 0.0309. The van der Waals surface area contributed by atoms with Gasteiger partial charge in [0.1, 0.15) is 48.1 Å². The molecular weight excluding hydrogens is 2070 g/mol. The molecule has 4 N–H and O–H groups in total. The molecule has 2 fully saturated rings. The average Bonchev–Trinajstić information content (AvgIpc) is 0.701. The Labute approximate surface area is 737 Å². The van der Waals surface area contributed by atoms with E-state index in [9.17, 15) is 218 Å². The minimum absolute atomic E-state index is 0.0586. The highest BCUT2D eigenvalue weighted by Crippen LogP contribution is 2.69. The van der Waals surface area contributed by atoms with Gasteiger partial charge in [0, 0.05) is 45.5 Å². The molecule has 802 valence electrons. The molecule has 0 unspecified atom stereocenters. The van der Waals surface area contributed by atoms with Crippen molar-refractivity contribution in [2.24, 2.45) is 5.41 Å². The number of alkyl halides is 51. The fourth-order valence-electron chi connectivity index (χ4n) is 12.3. The molecule has 0 aromatic heterocycles. The number of aliphatic hydroxyl groups excluding tert-OH is 4. The number of rotatable bonds is 53. The molecule has 15 nitrogen and oxygen atoms in total. The number of halogens is 51. The van der Waals surface area contributed by atoms with Gasteiger partial charge in [0.25, 0.3) is 0 Å². The summed E-state index contributed by atoms with van der Waals surface area (Å²) in [6.45, 7) is -19.5. The second-order valence-electron chi connectivity index (χ2n) is 30.5. The van der Waals surface area contributed by atoms with Crippen molar-refractivity contribution in [3.05, 3.63) is 95.6 Å². The lowest BCUT2D eigenvalue weighted by atomic mass is 9.88. The van der Waals surface area contributed by atoms with Crippen molar-refractivity contribution < 1.29 is 296 Å². The third-order valence-corrected chi connectivity index (χ3v) is 20.4.